The lowest BCUT2D eigenvalue weighted by molar-refractivity contribution is -0.204. The van der Waals surface area contributed by atoms with Crippen LogP contribution in [-0.4, -0.2) is 56.5 Å². The summed E-state index contributed by atoms with van der Waals surface area (Å²) in [6.45, 7) is 1.92. The van der Waals surface area contributed by atoms with Gasteiger partial charge in [0, 0.05) is 6.04 Å². The molecular weight excluding hydrogens is 278 g/mol. The average Bonchev–Trinajstić information content (AvgIpc) is 2.44. The van der Waals surface area contributed by atoms with Gasteiger partial charge in [-0.15, -0.1) is 18.2 Å². The number of ether oxygens (including phenoxy) is 1. The lowest BCUT2D eigenvalue weighted by Gasteiger charge is -2.44. The Hall–Kier alpha value is -0.550. The second kappa shape index (κ2) is 6.48. The van der Waals surface area contributed by atoms with E-state index in [1.807, 2.05) is 19.1 Å². The van der Waals surface area contributed by atoms with Gasteiger partial charge in [-0.05, 0) is 12.3 Å². The summed E-state index contributed by atoms with van der Waals surface area (Å²) >= 11 is 1.27. The molecular formula is C14H21NO4S. The maximum atomic E-state index is 10.1. The van der Waals surface area contributed by atoms with E-state index in [0.29, 0.717) is 6.42 Å². The van der Waals surface area contributed by atoms with Crippen LogP contribution in [0.1, 0.15) is 13.3 Å². The van der Waals surface area contributed by atoms with E-state index in [4.69, 9.17) is 16.9 Å². The Morgan fingerprint density at radius 3 is 2.65 bits per heavy atom. The summed E-state index contributed by atoms with van der Waals surface area (Å²) in [5, 5.41) is 29.9. The predicted molar refractivity (Wildman–Crippen MR) is 77.8 cm³/mol. The molecule has 20 heavy (non-hydrogen) atoms. The van der Waals surface area contributed by atoms with E-state index in [1.54, 1.807) is 0 Å². The van der Waals surface area contributed by atoms with E-state index >= 15 is 0 Å². The fraction of sp³-hybridized carbons (Fsp3) is 0.714. The molecule has 2 aliphatic rings. The molecule has 2 heterocycles. The van der Waals surface area contributed by atoms with Gasteiger partial charge in [-0.1, -0.05) is 25.0 Å². The second-order valence-electron chi connectivity index (χ2n) is 5.33. The Bertz CT molecular complexity index is 410. The van der Waals surface area contributed by atoms with Crippen LogP contribution in [0.4, 0.5) is 0 Å². The normalized spacial score (nSPS) is 51.0. The molecule has 0 spiro atoms. The van der Waals surface area contributed by atoms with Crippen LogP contribution in [0, 0.1) is 18.3 Å². The van der Waals surface area contributed by atoms with Gasteiger partial charge in [-0.25, -0.2) is 0 Å². The first-order valence-electron chi connectivity index (χ1n) is 6.69. The molecule has 112 valence electrons. The van der Waals surface area contributed by atoms with Crippen molar-refractivity contribution >= 4 is 11.8 Å². The summed E-state index contributed by atoms with van der Waals surface area (Å²) < 4.78 is 5.72. The number of hydrogen-bond acceptors (Lipinski definition) is 6. The zero-order chi connectivity index (χ0) is 14.9. The zero-order valence-corrected chi connectivity index (χ0v) is 12.1. The lowest BCUT2D eigenvalue weighted by Crippen LogP contribution is -2.62. The van der Waals surface area contributed by atoms with Crippen LogP contribution in [0.25, 0.3) is 0 Å². The van der Waals surface area contributed by atoms with E-state index in [0.717, 1.165) is 0 Å². The number of aliphatic hydroxyl groups is 3. The van der Waals surface area contributed by atoms with Gasteiger partial charge >= 0.3 is 0 Å². The molecule has 2 aliphatic heterocycles. The third-order valence-corrected chi connectivity index (χ3v) is 5.18. The van der Waals surface area contributed by atoms with Crippen molar-refractivity contribution in [2.24, 2.45) is 11.7 Å². The van der Waals surface area contributed by atoms with E-state index in [1.165, 1.54) is 11.8 Å². The van der Waals surface area contributed by atoms with Gasteiger partial charge in [-0.2, -0.15) is 0 Å². The summed E-state index contributed by atoms with van der Waals surface area (Å²) in [7, 11) is 0. The molecule has 2 bridgehead atoms. The van der Waals surface area contributed by atoms with Crippen molar-refractivity contribution in [3.05, 3.63) is 12.2 Å². The number of hydrogen-bond donors (Lipinski definition) is 4. The SMILES string of the molecule is C#C[C@@H]1C/C=C\[C@@H](C)[C@@H](N)[C@H]2O[C@H](S1)[C@H](O)[C@@H](O)[C@H]2O. The van der Waals surface area contributed by atoms with Crippen molar-refractivity contribution in [2.75, 3.05) is 0 Å². The molecule has 6 heteroatoms. The van der Waals surface area contributed by atoms with E-state index < -0.39 is 35.9 Å². The number of aliphatic hydroxyl groups excluding tert-OH is 3. The summed E-state index contributed by atoms with van der Waals surface area (Å²) in [5.41, 5.74) is 5.42. The third-order valence-electron chi connectivity index (χ3n) is 3.87. The van der Waals surface area contributed by atoms with Gasteiger partial charge in [-0.3, -0.25) is 0 Å². The standard InChI is InChI=1S/C14H21NO4S/c1-3-8-6-4-5-7(2)9(15)13-11(17)10(16)12(18)14(19-13)20-8/h1,4-5,7-14,16-18H,6,15H2,2H3/b5-4-/t7-,8-,9-,10+,11-,12-,13-,14-/m1/s1. The Morgan fingerprint density at radius 2 is 2.00 bits per heavy atom. The van der Waals surface area contributed by atoms with Crippen LogP contribution in [0.15, 0.2) is 12.2 Å². The van der Waals surface area contributed by atoms with Crippen molar-refractivity contribution < 1.29 is 20.1 Å². The molecule has 0 unspecified atom stereocenters. The van der Waals surface area contributed by atoms with Crippen LogP contribution < -0.4 is 5.73 Å². The number of nitrogens with two attached hydrogens (primary N) is 1. The highest BCUT2D eigenvalue weighted by Gasteiger charge is 2.47. The van der Waals surface area contributed by atoms with E-state index in [9.17, 15) is 15.3 Å². The zero-order valence-electron chi connectivity index (χ0n) is 11.3. The maximum absolute atomic E-state index is 10.1. The summed E-state index contributed by atoms with van der Waals surface area (Å²) in [6.07, 6.45) is 5.62. The number of allylic oxidation sites excluding steroid dienone is 1. The first kappa shape index (κ1) is 15.8. The van der Waals surface area contributed by atoms with Crippen molar-refractivity contribution in [3.8, 4) is 12.3 Å². The fourth-order valence-electron chi connectivity index (χ4n) is 2.47. The van der Waals surface area contributed by atoms with Crippen molar-refractivity contribution in [1.29, 1.82) is 0 Å². The summed E-state index contributed by atoms with van der Waals surface area (Å²) in [4.78, 5) is 0. The average molecular weight is 299 g/mol. The molecule has 0 aromatic carbocycles. The minimum absolute atomic E-state index is 0.0285. The van der Waals surface area contributed by atoms with Crippen molar-refractivity contribution in [1.82, 2.24) is 0 Å². The molecule has 1 saturated heterocycles. The maximum Gasteiger partial charge on any atom is 0.133 e. The number of terminal acetylenes is 1. The third kappa shape index (κ3) is 3.03. The quantitative estimate of drug-likeness (QED) is 0.354. The fourth-order valence-corrected chi connectivity index (χ4v) is 3.61. The van der Waals surface area contributed by atoms with Gasteiger partial charge in [0.05, 0.1) is 5.25 Å². The molecule has 1 fully saturated rings. The minimum atomic E-state index is -1.29. The minimum Gasteiger partial charge on any atom is -0.388 e. The first-order chi connectivity index (χ1) is 9.45. The highest BCUT2D eigenvalue weighted by molar-refractivity contribution is 8.00. The Morgan fingerprint density at radius 1 is 1.30 bits per heavy atom. The van der Waals surface area contributed by atoms with Gasteiger partial charge < -0.3 is 25.8 Å². The van der Waals surface area contributed by atoms with Crippen LogP contribution >= 0.6 is 11.8 Å². The first-order valence-corrected chi connectivity index (χ1v) is 7.63. The molecule has 0 aromatic heterocycles. The molecule has 0 radical (unpaired) electrons. The number of thioether (sulfide) groups is 1. The highest BCUT2D eigenvalue weighted by atomic mass is 32.2. The summed E-state index contributed by atoms with van der Waals surface area (Å²) in [5.74, 6) is 2.61. The van der Waals surface area contributed by atoms with Gasteiger partial charge in [0.1, 0.15) is 29.9 Å². The van der Waals surface area contributed by atoms with Crippen LogP contribution in [-0.2, 0) is 4.74 Å². The largest absolute Gasteiger partial charge is 0.388 e. The molecule has 8 atom stereocenters. The van der Waals surface area contributed by atoms with Crippen LogP contribution in [0.5, 0.6) is 0 Å². The number of rotatable bonds is 0. The molecule has 5 N–H and O–H groups in total. The van der Waals surface area contributed by atoms with Gasteiger partial charge in [0.2, 0.25) is 0 Å². The Labute approximate surface area is 123 Å². The molecule has 0 aliphatic carbocycles. The summed E-state index contributed by atoms with van der Waals surface area (Å²) in [6, 6.07) is -0.464. The molecule has 5 nitrogen and oxygen atoms in total. The smallest absolute Gasteiger partial charge is 0.133 e. The molecule has 0 aromatic rings. The van der Waals surface area contributed by atoms with Crippen molar-refractivity contribution in [3.63, 3.8) is 0 Å². The van der Waals surface area contributed by atoms with Gasteiger partial charge in [0.15, 0.2) is 0 Å². The second-order valence-corrected chi connectivity index (χ2v) is 6.64. The van der Waals surface area contributed by atoms with Gasteiger partial charge in [0.25, 0.3) is 0 Å². The van der Waals surface area contributed by atoms with Crippen molar-refractivity contribution in [2.45, 2.75) is 54.5 Å². The van der Waals surface area contributed by atoms with Crippen LogP contribution in [0.3, 0.4) is 0 Å². The molecule has 0 amide bonds. The van der Waals surface area contributed by atoms with Crippen LogP contribution in [0.2, 0.25) is 0 Å². The lowest BCUT2D eigenvalue weighted by atomic mass is 9.88. The predicted octanol–water partition coefficient (Wildman–Crippen LogP) is -0.548. The van der Waals surface area contributed by atoms with E-state index in [2.05, 4.69) is 5.92 Å². The number of fused-ring (bicyclic) bond motifs is 2. The Kier molecular flexibility index (Phi) is 5.13. The monoisotopic (exact) mass is 299 g/mol. The molecule has 2 rings (SSSR count). The highest BCUT2D eigenvalue weighted by Crippen LogP contribution is 2.34. The molecule has 0 saturated carbocycles. The Balaban J connectivity index is 2.30. The topological polar surface area (TPSA) is 95.9 Å². The van der Waals surface area contributed by atoms with E-state index in [-0.39, 0.29) is 11.2 Å².